The molecule has 0 aromatic rings. The summed E-state index contributed by atoms with van der Waals surface area (Å²) < 4.78 is 0. The average molecular weight is 156 g/mol. The van der Waals surface area contributed by atoms with Gasteiger partial charge in [-0.1, -0.05) is 0 Å². The summed E-state index contributed by atoms with van der Waals surface area (Å²) in [5.41, 5.74) is 5.78. The molecule has 4 bridgehead atoms. The number of hydrogen-bond donors (Lipinski definition) is 0. The Balaban J connectivity index is 2.00. The van der Waals surface area contributed by atoms with E-state index in [1.165, 1.54) is 22.8 Å². The molecule has 0 atom stereocenters. The van der Waals surface area contributed by atoms with E-state index in [9.17, 15) is 0 Å². The lowest BCUT2D eigenvalue weighted by atomic mass is 10.3. The van der Waals surface area contributed by atoms with Crippen LogP contribution in [0.5, 0.6) is 0 Å². The molecule has 12 heavy (non-hydrogen) atoms. The van der Waals surface area contributed by atoms with Crippen LogP contribution < -0.4 is 0 Å². The quantitative estimate of drug-likeness (QED) is 0.528. The van der Waals surface area contributed by atoms with Crippen molar-refractivity contribution in [1.82, 2.24) is 10.0 Å². The highest BCUT2D eigenvalue weighted by atomic mass is 15.7. The highest BCUT2D eigenvalue weighted by Crippen LogP contribution is 2.50. The van der Waals surface area contributed by atoms with Gasteiger partial charge in [-0.2, -0.15) is 0 Å². The number of fused-ring (bicyclic) bond motifs is 9. The summed E-state index contributed by atoms with van der Waals surface area (Å²) in [4.78, 5) is 0. The zero-order chi connectivity index (χ0) is 7.71. The van der Waals surface area contributed by atoms with Gasteiger partial charge in [0.2, 0.25) is 0 Å². The Bertz CT molecular complexity index is 334. The van der Waals surface area contributed by atoms with Crippen LogP contribution in [0.3, 0.4) is 0 Å². The molecule has 2 fully saturated rings. The van der Waals surface area contributed by atoms with Crippen molar-refractivity contribution in [2.45, 2.75) is 12.8 Å². The molecule has 4 rings (SSSR count). The largest absolute Gasteiger partial charge is 0.257 e. The summed E-state index contributed by atoms with van der Waals surface area (Å²) in [6, 6.07) is 0. The van der Waals surface area contributed by atoms with Crippen molar-refractivity contribution in [3.63, 3.8) is 0 Å². The normalized spacial score (nSPS) is 27.3. The standard InChI is InChI=1S/C10H8N2/c1-2-8-5-7(1)11-9-3-4-10(6-9)12(8)11/h1-4H,5-6H2. The van der Waals surface area contributed by atoms with Gasteiger partial charge >= 0.3 is 0 Å². The highest BCUT2D eigenvalue weighted by molar-refractivity contribution is 5.48. The van der Waals surface area contributed by atoms with E-state index in [4.69, 9.17) is 0 Å². The number of hydrogen-bond acceptors (Lipinski definition) is 2. The molecular weight excluding hydrogens is 148 g/mol. The minimum atomic E-state index is 1.13. The summed E-state index contributed by atoms with van der Waals surface area (Å²) in [6.45, 7) is 0. The van der Waals surface area contributed by atoms with Crippen molar-refractivity contribution in [1.29, 1.82) is 0 Å². The molecule has 0 N–H and O–H groups in total. The lowest BCUT2D eigenvalue weighted by Crippen LogP contribution is -2.28. The third-order valence-electron chi connectivity index (χ3n) is 2.95. The second-order valence-electron chi connectivity index (χ2n) is 3.61. The van der Waals surface area contributed by atoms with Gasteiger partial charge in [-0.15, -0.1) is 0 Å². The van der Waals surface area contributed by atoms with Gasteiger partial charge in [0.05, 0.1) is 0 Å². The topological polar surface area (TPSA) is 6.48 Å². The van der Waals surface area contributed by atoms with Crippen LogP contribution in [-0.4, -0.2) is 10.0 Å². The molecular formula is C10H8N2. The van der Waals surface area contributed by atoms with Gasteiger partial charge in [-0.3, -0.25) is 10.0 Å². The summed E-state index contributed by atoms with van der Waals surface area (Å²) in [5, 5.41) is 4.70. The van der Waals surface area contributed by atoms with Crippen LogP contribution in [0, 0.1) is 0 Å². The summed E-state index contributed by atoms with van der Waals surface area (Å²) in [6.07, 6.45) is 11.2. The molecule has 2 saturated heterocycles. The third kappa shape index (κ3) is 0.366. The van der Waals surface area contributed by atoms with Crippen LogP contribution in [-0.2, 0) is 0 Å². The van der Waals surface area contributed by atoms with Gasteiger partial charge < -0.3 is 0 Å². The smallest absolute Gasteiger partial charge is 0.0467 e. The molecule has 0 aromatic carbocycles. The summed E-state index contributed by atoms with van der Waals surface area (Å²) in [7, 11) is 0. The third-order valence-corrected chi connectivity index (χ3v) is 2.95. The molecule has 0 amide bonds. The Labute approximate surface area is 70.7 Å². The molecule has 2 nitrogen and oxygen atoms in total. The Morgan fingerprint density at radius 3 is 1.33 bits per heavy atom. The Morgan fingerprint density at radius 1 is 0.667 bits per heavy atom. The van der Waals surface area contributed by atoms with E-state index in [2.05, 4.69) is 34.3 Å². The van der Waals surface area contributed by atoms with Gasteiger partial charge in [-0.05, 0) is 24.3 Å². The molecule has 2 heteroatoms. The first-order chi connectivity index (χ1) is 5.93. The molecule has 0 unspecified atom stereocenters. The van der Waals surface area contributed by atoms with Gasteiger partial charge in [0.1, 0.15) is 0 Å². The van der Waals surface area contributed by atoms with E-state index >= 15 is 0 Å². The SMILES string of the molecule is C1=C2CC(=C1)N1C3=CC=C(C3)N21. The van der Waals surface area contributed by atoms with Crippen LogP contribution >= 0.6 is 0 Å². The van der Waals surface area contributed by atoms with Crippen molar-refractivity contribution in [3.05, 3.63) is 47.1 Å². The molecule has 0 saturated carbocycles. The highest BCUT2D eigenvalue weighted by Gasteiger charge is 2.43. The molecule has 0 spiro atoms. The molecule has 2 aliphatic heterocycles. The lowest BCUT2D eigenvalue weighted by molar-refractivity contribution is 0.195. The first kappa shape index (κ1) is 5.25. The van der Waals surface area contributed by atoms with Gasteiger partial charge in [0.15, 0.2) is 0 Å². The van der Waals surface area contributed by atoms with Crippen LogP contribution in [0.4, 0.5) is 0 Å². The summed E-state index contributed by atoms with van der Waals surface area (Å²) in [5.74, 6) is 0. The first-order valence-electron chi connectivity index (χ1n) is 4.33. The van der Waals surface area contributed by atoms with Crippen LogP contribution in [0.15, 0.2) is 47.1 Å². The lowest BCUT2D eigenvalue weighted by Gasteiger charge is -2.29. The fraction of sp³-hybridized carbons (Fsp3) is 0.200. The van der Waals surface area contributed by atoms with Crippen molar-refractivity contribution in [2.75, 3.05) is 0 Å². The van der Waals surface area contributed by atoms with Crippen molar-refractivity contribution in [2.24, 2.45) is 0 Å². The minimum absolute atomic E-state index is 1.13. The Kier molecular flexibility index (Phi) is 0.602. The maximum atomic E-state index is 2.35. The van der Waals surface area contributed by atoms with Crippen LogP contribution in [0.1, 0.15) is 12.8 Å². The van der Waals surface area contributed by atoms with Crippen molar-refractivity contribution >= 4 is 0 Å². The fourth-order valence-electron chi connectivity index (χ4n) is 2.46. The molecule has 4 aliphatic rings. The van der Waals surface area contributed by atoms with Crippen LogP contribution in [0.25, 0.3) is 0 Å². The van der Waals surface area contributed by atoms with Gasteiger partial charge in [0, 0.05) is 35.6 Å². The van der Waals surface area contributed by atoms with E-state index in [1.807, 2.05) is 0 Å². The number of nitrogens with zero attached hydrogens (tertiary/aromatic N) is 2. The number of rotatable bonds is 0. The van der Waals surface area contributed by atoms with Gasteiger partial charge in [0.25, 0.3) is 0 Å². The second-order valence-corrected chi connectivity index (χ2v) is 3.61. The maximum Gasteiger partial charge on any atom is 0.0467 e. The molecule has 58 valence electrons. The molecule has 0 radical (unpaired) electrons. The van der Waals surface area contributed by atoms with E-state index in [0.717, 1.165) is 12.8 Å². The second kappa shape index (κ2) is 1.38. The average Bonchev–Trinajstić information content (AvgIpc) is 2.83. The maximum absolute atomic E-state index is 2.35. The Hall–Kier alpha value is -1.44. The monoisotopic (exact) mass is 156 g/mol. The minimum Gasteiger partial charge on any atom is -0.257 e. The number of hydrazine groups is 1. The van der Waals surface area contributed by atoms with Crippen molar-refractivity contribution < 1.29 is 0 Å². The predicted octanol–water partition coefficient (Wildman–Crippen LogP) is 1.88. The number of allylic oxidation sites excluding steroid dienone is 4. The van der Waals surface area contributed by atoms with E-state index in [1.54, 1.807) is 0 Å². The molecule has 2 aliphatic carbocycles. The fourth-order valence-corrected chi connectivity index (χ4v) is 2.46. The van der Waals surface area contributed by atoms with Crippen molar-refractivity contribution in [3.8, 4) is 0 Å². The van der Waals surface area contributed by atoms with E-state index < -0.39 is 0 Å². The van der Waals surface area contributed by atoms with Gasteiger partial charge in [-0.25, -0.2) is 0 Å². The van der Waals surface area contributed by atoms with E-state index in [-0.39, 0.29) is 0 Å². The zero-order valence-corrected chi connectivity index (χ0v) is 6.62. The van der Waals surface area contributed by atoms with Crippen LogP contribution in [0.2, 0.25) is 0 Å². The zero-order valence-electron chi connectivity index (χ0n) is 6.62. The Morgan fingerprint density at radius 2 is 1.00 bits per heavy atom. The molecule has 0 aromatic heterocycles. The first-order valence-corrected chi connectivity index (χ1v) is 4.33. The van der Waals surface area contributed by atoms with E-state index in [0.29, 0.717) is 0 Å². The predicted molar refractivity (Wildman–Crippen MR) is 45.2 cm³/mol. The molecule has 2 heterocycles. The summed E-state index contributed by atoms with van der Waals surface area (Å²) >= 11 is 0.